The third-order valence-corrected chi connectivity index (χ3v) is 2.06. The Bertz CT molecular complexity index is 290. The number of amidine groups is 1. The Morgan fingerprint density at radius 1 is 1.36 bits per heavy atom. The fourth-order valence-corrected chi connectivity index (χ4v) is 1.18. The minimum Gasteiger partial charge on any atom is -0.385 e. The Morgan fingerprint density at radius 3 is 2.50 bits per heavy atom. The van der Waals surface area contributed by atoms with Gasteiger partial charge in [-0.05, 0) is 30.7 Å². The summed E-state index contributed by atoms with van der Waals surface area (Å²) in [4.78, 5) is 0. The number of rotatable bonds is 5. The zero-order valence-electron chi connectivity index (χ0n) is 8.51. The molecule has 1 aromatic rings. The van der Waals surface area contributed by atoms with Gasteiger partial charge in [-0.2, -0.15) is 0 Å². The van der Waals surface area contributed by atoms with Crippen molar-refractivity contribution in [2.24, 2.45) is 5.73 Å². The fraction of sp³-hybridized carbons (Fsp3) is 0.364. The van der Waals surface area contributed by atoms with E-state index in [1.54, 1.807) is 0 Å². The number of hydrogen-bond acceptors (Lipinski definition) is 2. The van der Waals surface area contributed by atoms with Crippen LogP contribution in [0.2, 0.25) is 0 Å². The van der Waals surface area contributed by atoms with Crippen molar-refractivity contribution in [2.45, 2.75) is 19.8 Å². The van der Waals surface area contributed by atoms with Gasteiger partial charge in [-0.1, -0.05) is 13.3 Å². The first-order valence-corrected chi connectivity index (χ1v) is 4.92. The van der Waals surface area contributed by atoms with Gasteiger partial charge in [0.15, 0.2) is 0 Å². The van der Waals surface area contributed by atoms with Crippen LogP contribution >= 0.6 is 0 Å². The van der Waals surface area contributed by atoms with Crippen LogP contribution in [0.1, 0.15) is 25.3 Å². The third-order valence-electron chi connectivity index (χ3n) is 2.06. The second-order valence-electron chi connectivity index (χ2n) is 3.27. The fourth-order valence-electron chi connectivity index (χ4n) is 1.18. The predicted octanol–water partition coefficient (Wildman–Crippen LogP) is 2.18. The molecule has 1 rings (SSSR count). The van der Waals surface area contributed by atoms with E-state index in [0.717, 1.165) is 17.8 Å². The van der Waals surface area contributed by atoms with Crippen molar-refractivity contribution >= 4 is 11.5 Å². The Hall–Kier alpha value is -1.51. The van der Waals surface area contributed by atoms with Crippen molar-refractivity contribution in [3.63, 3.8) is 0 Å². The van der Waals surface area contributed by atoms with E-state index in [1.165, 1.54) is 12.8 Å². The monoisotopic (exact) mass is 191 g/mol. The van der Waals surface area contributed by atoms with Crippen molar-refractivity contribution in [3.05, 3.63) is 29.8 Å². The van der Waals surface area contributed by atoms with Gasteiger partial charge in [0.25, 0.3) is 0 Å². The van der Waals surface area contributed by atoms with Gasteiger partial charge >= 0.3 is 0 Å². The van der Waals surface area contributed by atoms with Crippen LogP contribution in [-0.2, 0) is 0 Å². The summed E-state index contributed by atoms with van der Waals surface area (Å²) in [6, 6.07) is 7.62. The highest BCUT2D eigenvalue weighted by Crippen LogP contribution is 2.08. The molecule has 0 saturated carbocycles. The standard InChI is InChI=1S/C11H17N3/c1-2-3-8-14-10-6-4-9(5-7-10)11(12)13/h4-7,14H,2-3,8H2,1H3,(H3,12,13). The maximum absolute atomic E-state index is 7.23. The van der Waals surface area contributed by atoms with E-state index >= 15 is 0 Å². The number of anilines is 1. The van der Waals surface area contributed by atoms with E-state index < -0.39 is 0 Å². The van der Waals surface area contributed by atoms with Crippen LogP contribution in [0.5, 0.6) is 0 Å². The lowest BCUT2D eigenvalue weighted by atomic mass is 10.2. The first-order chi connectivity index (χ1) is 6.74. The van der Waals surface area contributed by atoms with E-state index in [4.69, 9.17) is 11.1 Å². The largest absolute Gasteiger partial charge is 0.385 e. The van der Waals surface area contributed by atoms with Gasteiger partial charge in [0.2, 0.25) is 0 Å². The Kier molecular flexibility index (Phi) is 3.98. The van der Waals surface area contributed by atoms with Crippen molar-refractivity contribution < 1.29 is 0 Å². The van der Waals surface area contributed by atoms with Gasteiger partial charge in [0.1, 0.15) is 5.84 Å². The van der Waals surface area contributed by atoms with Crippen LogP contribution in [-0.4, -0.2) is 12.4 Å². The average Bonchev–Trinajstić information content (AvgIpc) is 2.19. The number of nitrogens with two attached hydrogens (primary N) is 1. The molecule has 3 nitrogen and oxygen atoms in total. The highest BCUT2D eigenvalue weighted by molar-refractivity contribution is 5.95. The zero-order chi connectivity index (χ0) is 10.4. The maximum Gasteiger partial charge on any atom is 0.122 e. The minimum atomic E-state index is 0.116. The van der Waals surface area contributed by atoms with Crippen LogP contribution in [0.15, 0.2) is 24.3 Å². The summed E-state index contributed by atoms with van der Waals surface area (Å²) in [7, 11) is 0. The Labute approximate surface area is 84.8 Å². The molecule has 0 aliphatic heterocycles. The minimum absolute atomic E-state index is 0.116. The predicted molar refractivity (Wildman–Crippen MR) is 60.9 cm³/mol. The van der Waals surface area contributed by atoms with Crippen molar-refractivity contribution in [1.82, 2.24) is 0 Å². The molecule has 0 heterocycles. The number of unbranched alkanes of at least 4 members (excludes halogenated alkanes) is 1. The SMILES string of the molecule is CCCCNc1ccc(C(=N)N)cc1. The molecule has 0 saturated heterocycles. The molecule has 1 aromatic carbocycles. The molecule has 0 bridgehead atoms. The zero-order valence-corrected chi connectivity index (χ0v) is 8.51. The van der Waals surface area contributed by atoms with Crippen LogP contribution in [0.25, 0.3) is 0 Å². The summed E-state index contributed by atoms with van der Waals surface area (Å²) in [5, 5.41) is 10.5. The molecule has 0 amide bonds. The molecule has 0 atom stereocenters. The Morgan fingerprint density at radius 2 is 2.00 bits per heavy atom. The van der Waals surface area contributed by atoms with Gasteiger partial charge in [0.05, 0.1) is 0 Å². The lowest BCUT2D eigenvalue weighted by Crippen LogP contribution is -2.10. The molecule has 0 spiro atoms. The van der Waals surface area contributed by atoms with E-state index in [0.29, 0.717) is 0 Å². The summed E-state index contributed by atoms with van der Waals surface area (Å²) in [5.74, 6) is 0.116. The average molecular weight is 191 g/mol. The maximum atomic E-state index is 7.23. The molecule has 0 aliphatic carbocycles. The van der Waals surface area contributed by atoms with Crippen molar-refractivity contribution in [1.29, 1.82) is 5.41 Å². The molecule has 4 N–H and O–H groups in total. The van der Waals surface area contributed by atoms with E-state index in [2.05, 4.69) is 12.2 Å². The molecule has 0 aromatic heterocycles. The van der Waals surface area contributed by atoms with E-state index in [1.807, 2.05) is 24.3 Å². The Balaban J connectivity index is 2.51. The molecular formula is C11H17N3. The normalized spacial score (nSPS) is 9.79. The third kappa shape index (κ3) is 3.09. The topological polar surface area (TPSA) is 61.9 Å². The van der Waals surface area contributed by atoms with Crippen LogP contribution in [0, 0.1) is 5.41 Å². The first kappa shape index (κ1) is 10.6. The smallest absolute Gasteiger partial charge is 0.122 e. The van der Waals surface area contributed by atoms with Gasteiger partial charge in [-0.3, -0.25) is 5.41 Å². The first-order valence-electron chi connectivity index (χ1n) is 4.92. The van der Waals surface area contributed by atoms with Crippen LogP contribution in [0.3, 0.4) is 0 Å². The van der Waals surface area contributed by atoms with Gasteiger partial charge in [-0.25, -0.2) is 0 Å². The van der Waals surface area contributed by atoms with Crippen LogP contribution < -0.4 is 11.1 Å². The van der Waals surface area contributed by atoms with Gasteiger partial charge in [0, 0.05) is 17.8 Å². The van der Waals surface area contributed by atoms with E-state index in [9.17, 15) is 0 Å². The van der Waals surface area contributed by atoms with Gasteiger partial charge < -0.3 is 11.1 Å². The number of nitrogen functional groups attached to an aromatic ring is 1. The molecule has 76 valence electrons. The number of hydrogen-bond donors (Lipinski definition) is 3. The second kappa shape index (κ2) is 5.27. The van der Waals surface area contributed by atoms with Gasteiger partial charge in [-0.15, -0.1) is 0 Å². The molecule has 0 radical (unpaired) electrons. The highest BCUT2D eigenvalue weighted by atomic mass is 14.9. The summed E-state index contributed by atoms with van der Waals surface area (Å²) in [6.45, 7) is 3.16. The van der Waals surface area contributed by atoms with Crippen molar-refractivity contribution in [3.8, 4) is 0 Å². The molecule has 0 fully saturated rings. The van der Waals surface area contributed by atoms with Crippen LogP contribution in [0.4, 0.5) is 5.69 Å². The van der Waals surface area contributed by atoms with E-state index in [-0.39, 0.29) is 5.84 Å². The highest BCUT2D eigenvalue weighted by Gasteiger charge is 1.95. The summed E-state index contributed by atoms with van der Waals surface area (Å²) in [6.07, 6.45) is 2.37. The quantitative estimate of drug-likeness (QED) is 0.379. The van der Waals surface area contributed by atoms with Crippen molar-refractivity contribution in [2.75, 3.05) is 11.9 Å². The molecule has 14 heavy (non-hydrogen) atoms. The lowest BCUT2D eigenvalue weighted by molar-refractivity contribution is 0.834. The summed E-state index contributed by atoms with van der Waals surface area (Å²) >= 11 is 0. The molecule has 3 heteroatoms. The number of nitrogens with one attached hydrogen (secondary N) is 2. The lowest BCUT2D eigenvalue weighted by Gasteiger charge is -2.05. The molecule has 0 aliphatic rings. The molecular weight excluding hydrogens is 174 g/mol. The summed E-state index contributed by atoms with van der Waals surface area (Å²) in [5.41, 5.74) is 7.20. The second-order valence-corrected chi connectivity index (χ2v) is 3.27. The number of benzene rings is 1. The molecule has 0 unspecified atom stereocenters. The summed E-state index contributed by atoms with van der Waals surface area (Å²) < 4.78 is 0.